The van der Waals surface area contributed by atoms with Crippen LogP contribution in [0.5, 0.6) is 0 Å². The van der Waals surface area contributed by atoms with Crippen molar-refractivity contribution in [3.05, 3.63) is 59.4 Å². The highest BCUT2D eigenvalue weighted by Crippen LogP contribution is 2.56. The Labute approximate surface area is 204 Å². The molecule has 1 saturated carbocycles. The Morgan fingerprint density at radius 1 is 1.14 bits per heavy atom. The van der Waals surface area contributed by atoms with Gasteiger partial charge >= 0.3 is 5.76 Å². The van der Waals surface area contributed by atoms with Crippen molar-refractivity contribution in [2.24, 2.45) is 5.41 Å². The van der Waals surface area contributed by atoms with Gasteiger partial charge in [0.25, 0.3) is 15.9 Å². The van der Waals surface area contributed by atoms with E-state index in [-0.39, 0.29) is 29.7 Å². The van der Waals surface area contributed by atoms with Crippen LogP contribution in [-0.2, 0) is 26.0 Å². The van der Waals surface area contributed by atoms with E-state index in [1.165, 1.54) is 17.0 Å². The molecule has 2 heterocycles. The van der Waals surface area contributed by atoms with Crippen molar-refractivity contribution in [3.8, 4) is 11.1 Å². The number of carbonyl (C=O) groups is 1. The first-order chi connectivity index (χ1) is 17.0. The largest absolute Gasteiger partial charge is 0.368 e. The molecule has 2 saturated heterocycles. The van der Waals surface area contributed by atoms with Crippen LogP contribution >= 0.6 is 0 Å². The van der Waals surface area contributed by atoms with Crippen LogP contribution < -0.4 is 4.72 Å². The number of hydrogen-bond donors (Lipinski definition) is 1. The van der Waals surface area contributed by atoms with E-state index in [2.05, 4.69) is 0 Å². The van der Waals surface area contributed by atoms with Crippen LogP contribution in [0.25, 0.3) is 11.1 Å². The van der Waals surface area contributed by atoms with E-state index in [1.807, 2.05) is 4.72 Å². The number of ether oxygens (including phenoxy) is 1. The number of carbonyl (C=O) groups excluding carboxylic acids is 1. The lowest BCUT2D eigenvalue weighted by Gasteiger charge is -2.34. The normalized spacial score (nSPS) is 24.8. The van der Waals surface area contributed by atoms with Gasteiger partial charge in [0.1, 0.15) is 23.6 Å². The lowest BCUT2D eigenvalue weighted by molar-refractivity contribution is -0.157. The molecule has 0 bridgehead atoms. The average molecular weight is 531 g/mol. The van der Waals surface area contributed by atoms with Crippen LogP contribution in [-0.4, -0.2) is 56.3 Å². The van der Waals surface area contributed by atoms with Crippen LogP contribution in [0.2, 0.25) is 0 Å². The number of benzene rings is 2. The van der Waals surface area contributed by atoms with E-state index < -0.39 is 62.7 Å². The second-order valence-corrected chi connectivity index (χ2v) is 11.3. The highest BCUT2D eigenvalue weighted by molar-refractivity contribution is 7.89. The molecule has 6 nitrogen and oxygen atoms in total. The summed E-state index contributed by atoms with van der Waals surface area (Å²) >= 11 is 0. The van der Waals surface area contributed by atoms with Crippen LogP contribution in [0.3, 0.4) is 0 Å². The van der Waals surface area contributed by atoms with Crippen LogP contribution in [0.4, 0.5) is 22.0 Å². The van der Waals surface area contributed by atoms with Crippen molar-refractivity contribution in [2.75, 3.05) is 13.2 Å². The summed E-state index contributed by atoms with van der Waals surface area (Å²) in [6, 6.07) is 4.58. The molecule has 1 amide bonds. The zero-order valence-electron chi connectivity index (χ0n) is 18.9. The van der Waals surface area contributed by atoms with E-state index in [1.54, 1.807) is 0 Å². The number of alkyl halides is 2. The number of halogens is 5. The number of nitrogens with zero attached hydrogens (tertiary/aromatic N) is 1. The van der Waals surface area contributed by atoms with Crippen molar-refractivity contribution in [1.82, 2.24) is 9.62 Å². The van der Waals surface area contributed by atoms with Crippen molar-refractivity contribution >= 4 is 15.9 Å². The van der Waals surface area contributed by atoms with Gasteiger partial charge < -0.3 is 9.64 Å². The van der Waals surface area contributed by atoms with Gasteiger partial charge in [0.2, 0.25) is 0 Å². The topological polar surface area (TPSA) is 75.7 Å². The summed E-state index contributed by atoms with van der Waals surface area (Å²) in [5.74, 6) is -6.49. The van der Waals surface area contributed by atoms with Gasteiger partial charge in [-0.2, -0.15) is 8.78 Å². The molecular weight excluding hydrogens is 507 g/mol. The van der Waals surface area contributed by atoms with Gasteiger partial charge in [-0.3, -0.25) is 4.79 Å². The Morgan fingerprint density at radius 2 is 1.86 bits per heavy atom. The fraction of sp³-hybridized carbons (Fsp3) is 0.458. The molecule has 0 aromatic heterocycles. The zero-order chi connectivity index (χ0) is 25.8. The van der Waals surface area contributed by atoms with Gasteiger partial charge in [-0.25, -0.2) is 26.3 Å². The van der Waals surface area contributed by atoms with Crippen molar-refractivity contribution in [3.63, 3.8) is 0 Å². The molecule has 1 aliphatic carbocycles. The predicted molar refractivity (Wildman–Crippen MR) is 119 cm³/mol. The van der Waals surface area contributed by atoms with Crippen molar-refractivity contribution in [1.29, 1.82) is 0 Å². The molecule has 194 valence electrons. The van der Waals surface area contributed by atoms with Crippen LogP contribution in [0.15, 0.2) is 36.4 Å². The molecular formula is C24H23F5N2O4S. The molecule has 3 aliphatic rings. The lowest BCUT2D eigenvalue weighted by Crippen LogP contribution is -2.53. The molecule has 2 aromatic carbocycles. The zero-order valence-corrected chi connectivity index (χ0v) is 19.7. The third-order valence-electron chi connectivity index (χ3n) is 7.28. The molecule has 5 rings (SSSR count). The van der Waals surface area contributed by atoms with Crippen LogP contribution in [0, 0.1) is 22.9 Å². The van der Waals surface area contributed by atoms with Crippen molar-refractivity contribution in [2.45, 2.75) is 49.6 Å². The maximum atomic E-state index is 15.6. The Hall–Kier alpha value is -2.57. The number of nitrogens with one attached hydrogen (secondary N) is 1. The van der Waals surface area contributed by atoms with Gasteiger partial charge in [0, 0.05) is 30.0 Å². The van der Waals surface area contributed by atoms with E-state index in [0.717, 1.165) is 24.3 Å². The second kappa shape index (κ2) is 9.07. The number of sulfonamides is 1. The van der Waals surface area contributed by atoms with E-state index in [9.17, 15) is 30.8 Å². The first-order valence-corrected chi connectivity index (χ1v) is 13.0. The first kappa shape index (κ1) is 25.1. The summed E-state index contributed by atoms with van der Waals surface area (Å²) in [4.78, 5) is 14.5. The molecule has 2 aliphatic heterocycles. The van der Waals surface area contributed by atoms with E-state index >= 15 is 4.39 Å². The third-order valence-corrected chi connectivity index (χ3v) is 8.33. The number of hydrogen-bond acceptors (Lipinski definition) is 4. The van der Waals surface area contributed by atoms with Gasteiger partial charge in [-0.05, 0) is 54.7 Å². The third kappa shape index (κ3) is 4.50. The SMILES string of the molecule is O=C([C@H]1CCO1)N1CC2(CC2)[C@H](NS(=O)(=O)C(F)F)[C@@H]1Cc1cc(F)cc(-c2cccc(F)c2)c1F. The molecule has 0 unspecified atom stereocenters. The molecule has 36 heavy (non-hydrogen) atoms. The number of amides is 1. The Balaban J connectivity index is 1.54. The van der Waals surface area contributed by atoms with Crippen molar-refractivity contribution < 1.29 is 39.9 Å². The molecule has 2 aromatic rings. The predicted octanol–water partition coefficient (Wildman–Crippen LogP) is 3.60. The molecule has 1 spiro atoms. The average Bonchev–Trinajstić information content (AvgIpc) is 3.49. The fourth-order valence-corrected chi connectivity index (χ4v) is 6.04. The molecule has 0 radical (unpaired) electrons. The maximum Gasteiger partial charge on any atom is 0.350 e. The lowest BCUT2D eigenvalue weighted by atomic mass is 9.91. The Bertz CT molecular complexity index is 1300. The summed E-state index contributed by atoms with van der Waals surface area (Å²) < 4.78 is 102. The van der Waals surface area contributed by atoms with Crippen LogP contribution in [0.1, 0.15) is 24.8 Å². The smallest absolute Gasteiger partial charge is 0.350 e. The highest BCUT2D eigenvalue weighted by Gasteiger charge is 2.62. The summed E-state index contributed by atoms with van der Waals surface area (Å²) in [5.41, 5.74) is -1.09. The molecule has 3 fully saturated rings. The fourth-order valence-electron chi connectivity index (χ4n) is 5.17. The van der Waals surface area contributed by atoms with E-state index in [0.29, 0.717) is 25.9 Å². The summed E-state index contributed by atoms with van der Waals surface area (Å²) in [6.07, 6.45) is 0.308. The quantitative estimate of drug-likeness (QED) is 0.556. The van der Waals surface area contributed by atoms with Gasteiger partial charge in [0.15, 0.2) is 0 Å². The molecule has 3 atom stereocenters. The molecule has 12 heteroatoms. The maximum absolute atomic E-state index is 15.6. The minimum atomic E-state index is -5.04. The molecule has 1 N–H and O–H groups in total. The Morgan fingerprint density at radius 3 is 2.44 bits per heavy atom. The first-order valence-electron chi connectivity index (χ1n) is 11.5. The highest BCUT2D eigenvalue weighted by atomic mass is 32.2. The van der Waals surface area contributed by atoms with Gasteiger partial charge in [-0.1, -0.05) is 12.1 Å². The summed E-state index contributed by atoms with van der Waals surface area (Å²) in [6.45, 7) is 0.456. The number of likely N-dealkylation sites (tertiary alicyclic amines) is 1. The van der Waals surface area contributed by atoms with Gasteiger partial charge in [0.05, 0.1) is 12.6 Å². The second-order valence-electron chi connectivity index (χ2n) is 9.59. The van der Waals surface area contributed by atoms with E-state index in [4.69, 9.17) is 4.74 Å². The Kier molecular flexibility index (Phi) is 6.32. The minimum absolute atomic E-state index is 0.0838. The van der Waals surface area contributed by atoms with Gasteiger partial charge in [-0.15, -0.1) is 0 Å². The standard InChI is InChI=1S/C24H23F5N2O4S/c25-15-3-1-2-13(8-15)17-11-16(26)9-14(20(17)27)10-18-21(30-36(33,34)23(28)29)24(5-6-24)12-31(18)22(32)19-4-7-35-19/h1-3,8-9,11,18-19,21,23,30H,4-7,10,12H2/t18-,19+,21+/m0/s1. The summed E-state index contributed by atoms with van der Waals surface area (Å²) in [7, 11) is -5.04. The number of rotatable bonds is 7. The monoisotopic (exact) mass is 530 g/mol. The summed E-state index contributed by atoms with van der Waals surface area (Å²) in [5, 5.41) is 0. The minimum Gasteiger partial charge on any atom is -0.368 e.